The summed E-state index contributed by atoms with van der Waals surface area (Å²) in [7, 11) is 3.72. The van der Waals surface area contributed by atoms with E-state index in [1.807, 2.05) is 32.2 Å². The first-order chi connectivity index (χ1) is 12.5. The molecule has 1 aromatic carbocycles. The van der Waals surface area contributed by atoms with Gasteiger partial charge in [0.25, 0.3) is 5.91 Å². The summed E-state index contributed by atoms with van der Waals surface area (Å²) in [6, 6.07) is 11.9. The summed E-state index contributed by atoms with van der Waals surface area (Å²) < 4.78 is 5.34. The van der Waals surface area contributed by atoms with Gasteiger partial charge in [-0.15, -0.1) is 0 Å². The number of H-pyrrole nitrogens is 1. The second-order valence-electron chi connectivity index (χ2n) is 6.51. The lowest BCUT2D eigenvalue weighted by molar-refractivity contribution is 0.0771. The summed E-state index contributed by atoms with van der Waals surface area (Å²) in [6.45, 7) is 3.69. The maximum Gasteiger partial charge on any atom is 0.276 e. The summed E-state index contributed by atoms with van der Waals surface area (Å²) >= 11 is 0. The largest absolute Gasteiger partial charge is 0.359 e. The quantitative estimate of drug-likeness (QED) is 0.706. The molecule has 0 unspecified atom stereocenters. The van der Waals surface area contributed by atoms with Crippen molar-refractivity contribution in [3.63, 3.8) is 0 Å². The molecule has 1 N–H and O–H groups in total. The maximum atomic E-state index is 12.5. The Morgan fingerprint density at radius 3 is 2.62 bits per heavy atom. The van der Waals surface area contributed by atoms with E-state index in [1.54, 1.807) is 24.2 Å². The predicted octanol–water partition coefficient (Wildman–Crippen LogP) is 2.61. The van der Waals surface area contributed by atoms with Crippen molar-refractivity contribution in [2.75, 3.05) is 14.1 Å². The second kappa shape index (κ2) is 7.97. The number of benzene rings is 1. The summed E-state index contributed by atoms with van der Waals surface area (Å²) in [6.07, 6.45) is 1.74. The number of amides is 1. The average molecular weight is 353 g/mol. The number of nitrogens with zero attached hydrogens (tertiary/aromatic N) is 4. The molecule has 3 aromatic rings. The molecular weight excluding hydrogens is 330 g/mol. The molecule has 0 fully saturated rings. The second-order valence-corrected chi connectivity index (χ2v) is 6.51. The number of aromatic nitrogens is 3. The van der Waals surface area contributed by atoms with Crippen LogP contribution in [0.2, 0.25) is 0 Å². The molecule has 26 heavy (non-hydrogen) atoms. The van der Waals surface area contributed by atoms with Gasteiger partial charge < -0.3 is 14.4 Å². The summed E-state index contributed by atoms with van der Waals surface area (Å²) in [5.74, 6) is 1.21. The monoisotopic (exact) mass is 353 g/mol. The van der Waals surface area contributed by atoms with Crippen molar-refractivity contribution in [2.45, 2.75) is 26.6 Å². The molecule has 2 heterocycles. The van der Waals surface area contributed by atoms with Crippen LogP contribution < -0.4 is 0 Å². The molecule has 0 radical (unpaired) electrons. The van der Waals surface area contributed by atoms with Crippen LogP contribution in [0.5, 0.6) is 0 Å². The van der Waals surface area contributed by atoms with E-state index >= 15 is 0 Å². The minimum atomic E-state index is -0.195. The van der Waals surface area contributed by atoms with Crippen LogP contribution in [-0.4, -0.2) is 44.9 Å². The van der Waals surface area contributed by atoms with E-state index in [1.165, 1.54) is 5.56 Å². The summed E-state index contributed by atoms with van der Waals surface area (Å²) in [4.78, 5) is 23.5. The Bertz CT molecular complexity index is 856. The number of aromatic amines is 1. The molecule has 0 spiro atoms. The van der Waals surface area contributed by atoms with E-state index in [4.69, 9.17) is 4.52 Å². The molecule has 0 bridgehead atoms. The van der Waals surface area contributed by atoms with Crippen LogP contribution >= 0.6 is 0 Å². The van der Waals surface area contributed by atoms with E-state index < -0.39 is 0 Å². The zero-order valence-electron chi connectivity index (χ0n) is 15.3. The molecule has 0 saturated heterocycles. The van der Waals surface area contributed by atoms with E-state index in [0.29, 0.717) is 24.5 Å². The lowest BCUT2D eigenvalue weighted by Gasteiger charge is -2.14. The number of carbonyl (C=O) groups excluding carboxylic acids is 1. The Morgan fingerprint density at radius 2 is 1.92 bits per heavy atom. The third-order valence-corrected chi connectivity index (χ3v) is 3.99. The fourth-order valence-electron chi connectivity index (χ4n) is 2.74. The molecule has 0 aliphatic carbocycles. The molecule has 2 aromatic heterocycles. The molecule has 0 aliphatic heterocycles. The summed E-state index contributed by atoms with van der Waals surface area (Å²) in [5.41, 5.74) is 2.49. The van der Waals surface area contributed by atoms with E-state index in [-0.39, 0.29) is 5.91 Å². The van der Waals surface area contributed by atoms with Crippen LogP contribution in [0, 0.1) is 6.92 Å². The zero-order valence-corrected chi connectivity index (χ0v) is 15.3. The van der Waals surface area contributed by atoms with Gasteiger partial charge in [0.1, 0.15) is 5.82 Å². The number of imidazole rings is 1. The van der Waals surface area contributed by atoms with Gasteiger partial charge in [-0.05, 0) is 19.5 Å². The Balaban J connectivity index is 1.57. The first kappa shape index (κ1) is 17.9. The van der Waals surface area contributed by atoms with Crippen molar-refractivity contribution in [3.05, 3.63) is 71.1 Å². The third kappa shape index (κ3) is 4.58. The van der Waals surface area contributed by atoms with Gasteiger partial charge in [-0.1, -0.05) is 35.5 Å². The molecule has 7 nitrogen and oxygen atoms in total. The van der Waals surface area contributed by atoms with Gasteiger partial charge in [0.05, 0.1) is 13.1 Å². The first-order valence-corrected chi connectivity index (χ1v) is 8.45. The molecule has 7 heteroatoms. The highest BCUT2D eigenvalue weighted by Crippen LogP contribution is 2.12. The number of hydrogen-bond donors (Lipinski definition) is 1. The van der Waals surface area contributed by atoms with Crippen LogP contribution in [0.15, 0.2) is 47.1 Å². The Kier molecular flexibility index (Phi) is 5.48. The highest BCUT2D eigenvalue weighted by molar-refractivity contribution is 5.91. The zero-order chi connectivity index (χ0) is 18.5. The van der Waals surface area contributed by atoms with E-state index in [2.05, 4.69) is 32.2 Å². The lowest BCUT2D eigenvalue weighted by atomic mass is 10.2. The molecule has 3 rings (SSSR count). The minimum absolute atomic E-state index is 0.195. The number of nitrogens with one attached hydrogen (secondary N) is 1. The number of hydrogen-bond acceptors (Lipinski definition) is 5. The lowest BCUT2D eigenvalue weighted by Crippen LogP contribution is -2.27. The van der Waals surface area contributed by atoms with Gasteiger partial charge in [0.2, 0.25) is 0 Å². The smallest absolute Gasteiger partial charge is 0.276 e. The topological polar surface area (TPSA) is 78.3 Å². The van der Waals surface area contributed by atoms with Crippen molar-refractivity contribution >= 4 is 5.91 Å². The van der Waals surface area contributed by atoms with Crippen molar-refractivity contribution in [1.82, 2.24) is 24.9 Å². The van der Waals surface area contributed by atoms with Crippen LogP contribution in [0.1, 0.15) is 33.3 Å². The van der Waals surface area contributed by atoms with Gasteiger partial charge >= 0.3 is 0 Å². The number of rotatable bonds is 7. The Labute approximate surface area is 152 Å². The molecule has 0 aliphatic rings. The fraction of sp³-hybridized carbons (Fsp3) is 0.316. The van der Waals surface area contributed by atoms with Gasteiger partial charge in [-0.25, -0.2) is 4.98 Å². The van der Waals surface area contributed by atoms with Gasteiger partial charge in [0, 0.05) is 31.5 Å². The molecule has 136 valence electrons. The number of carbonyl (C=O) groups is 1. The predicted molar refractivity (Wildman–Crippen MR) is 97.2 cm³/mol. The molecular formula is C19H23N5O2. The van der Waals surface area contributed by atoms with Crippen molar-refractivity contribution in [3.8, 4) is 0 Å². The average Bonchev–Trinajstić information content (AvgIpc) is 3.24. The van der Waals surface area contributed by atoms with Crippen LogP contribution in [0.25, 0.3) is 0 Å². The maximum absolute atomic E-state index is 12.5. The molecule has 0 atom stereocenters. The van der Waals surface area contributed by atoms with Gasteiger partial charge in [-0.2, -0.15) is 0 Å². The van der Waals surface area contributed by atoms with Crippen molar-refractivity contribution in [1.29, 1.82) is 0 Å². The van der Waals surface area contributed by atoms with E-state index in [0.717, 1.165) is 18.1 Å². The Morgan fingerprint density at radius 1 is 1.15 bits per heavy atom. The third-order valence-electron chi connectivity index (χ3n) is 3.99. The van der Waals surface area contributed by atoms with Crippen molar-refractivity contribution < 1.29 is 9.32 Å². The van der Waals surface area contributed by atoms with Crippen LogP contribution in [0.3, 0.4) is 0 Å². The first-order valence-electron chi connectivity index (χ1n) is 8.45. The highest BCUT2D eigenvalue weighted by Gasteiger charge is 2.18. The van der Waals surface area contributed by atoms with Crippen LogP contribution in [0.4, 0.5) is 0 Å². The number of aryl methyl sites for hydroxylation is 1. The fourth-order valence-corrected chi connectivity index (χ4v) is 2.74. The normalized spacial score (nSPS) is 11.1. The van der Waals surface area contributed by atoms with E-state index in [9.17, 15) is 4.79 Å². The van der Waals surface area contributed by atoms with Crippen LogP contribution in [-0.2, 0) is 19.6 Å². The minimum Gasteiger partial charge on any atom is -0.359 e. The standard InChI is InChI=1S/C19H23N5O2/c1-14-10-20-18(21-14)13-24(3)19(25)17-9-16(26-22-17)12-23(2)11-15-7-5-4-6-8-15/h4-10H,11-13H2,1-3H3,(H,20,21). The van der Waals surface area contributed by atoms with Crippen molar-refractivity contribution in [2.24, 2.45) is 0 Å². The summed E-state index contributed by atoms with van der Waals surface area (Å²) in [5, 5.41) is 3.92. The highest BCUT2D eigenvalue weighted by atomic mass is 16.5. The molecule has 1 amide bonds. The van der Waals surface area contributed by atoms with Gasteiger partial charge in [-0.3, -0.25) is 9.69 Å². The van der Waals surface area contributed by atoms with Gasteiger partial charge in [0.15, 0.2) is 11.5 Å². The molecule has 0 saturated carbocycles. The Hall–Kier alpha value is -2.93. The SMILES string of the molecule is Cc1cnc(CN(C)C(=O)c2cc(CN(C)Cc3ccccc3)on2)[nH]1.